The number of carbonyl (C=O) groups is 3. The SMILES string of the molecule is Cc1ccc(N2C(=O)C[C@H](C(=O)OCC(=O)NC3CC3)[C@H]2c2cccs2)cc1. The molecule has 0 spiro atoms. The molecular weight excluding hydrogens is 376 g/mol. The Morgan fingerprint density at radius 2 is 1.96 bits per heavy atom. The van der Waals surface area contributed by atoms with Crippen LogP contribution >= 0.6 is 11.3 Å². The molecule has 1 aromatic heterocycles. The van der Waals surface area contributed by atoms with E-state index in [1.807, 2.05) is 48.7 Å². The minimum absolute atomic E-state index is 0.0690. The van der Waals surface area contributed by atoms with Gasteiger partial charge in [0.2, 0.25) is 5.91 Å². The first-order valence-electron chi connectivity index (χ1n) is 9.41. The molecule has 0 radical (unpaired) electrons. The molecule has 2 amide bonds. The Hall–Kier alpha value is -2.67. The largest absolute Gasteiger partial charge is 0.455 e. The van der Waals surface area contributed by atoms with E-state index in [0.29, 0.717) is 0 Å². The summed E-state index contributed by atoms with van der Waals surface area (Å²) in [5.41, 5.74) is 1.86. The van der Waals surface area contributed by atoms with Crippen LogP contribution in [0.1, 0.15) is 35.7 Å². The van der Waals surface area contributed by atoms with Crippen LogP contribution in [0.2, 0.25) is 0 Å². The fourth-order valence-corrected chi connectivity index (χ4v) is 4.36. The molecule has 1 aromatic carbocycles. The number of rotatable bonds is 6. The van der Waals surface area contributed by atoms with Crippen molar-refractivity contribution in [2.75, 3.05) is 11.5 Å². The number of anilines is 1. The number of thiophene rings is 1. The fraction of sp³-hybridized carbons (Fsp3) is 0.381. The minimum atomic E-state index is -0.638. The van der Waals surface area contributed by atoms with Crippen molar-refractivity contribution in [3.63, 3.8) is 0 Å². The zero-order valence-electron chi connectivity index (χ0n) is 15.6. The maximum absolute atomic E-state index is 12.8. The van der Waals surface area contributed by atoms with Gasteiger partial charge in [0.15, 0.2) is 6.61 Å². The van der Waals surface area contributed by atoms with Gasteiger partial charge in [0.25, 0.3) is 5.91 Å². The van der Waals surface area contributed by atoms with Crippen molar-refractivity contribution in [3.8, 4) is 0 Å². The van der Waals surface area contributed by atoms with Gasteiger partial charge in [-0.3, -0.25) is 14.4 Å². The Balaban J connectivity index is 1.54. The van der Waals surface area contributed by atoms with Crippen LogP contribution in [-0.2, 0) is 19.1 Å². The number of hydrogen-bond donors (Lipinski definition) is 1. The molecule has 2 heterocycles. The number of carbonyl (C=O) groups excluding carboxylic acids is 3. The molecule has 146 valence electrons. The summed E-state index contributed by atoms with van der Waals surface area (Å²) < 4.78 is 5.27. The van der Waals surface area contributed by atoms with Crippen LogP contribution in [0.5, 0.6) is 0 Å². The van der Waals surface area contributed by atoms with Gasteiger partial charge in [-0.25, -0.2) is 0 Å². The highest BCUT2D eigenvalue weighted by Crippen LogP contribution is 2.43. The maximum atomic E-state index is 12.8. The molecule has 6 nitrogen and oxygen atoms in total. The number of nitrogens with zero attached hydrogens (tertiary/aromatic N) is 1. The number of nitrogens with one attached hydrogen (secondary N) is 1. The molecule has 1 saturated heterocycles. The van der Waals surface area contributed by atoms with E-state index in [-0.39, 0.29) is 30.9 Å². The number of hydrogen-bond acceptors (Lipinski definition) is 5. The molecule has 28 heavy (non-hydrogen) atoms. The lowest BCUT2D eigenvalue weighted by atomic mass is 9.99. The van der Waals surface area contributed by atoms with Gasteiger partial charge in [0, 0.05) is 23.0 Å². The summed E-state index contributed by atoms with van der Waals surface area (Å²) in [5, 5.41) is 4.72. The zero-order chi connectivity index (χ0) is 19.7. The van der Waals surface area contributed by atoms with Crippen LogP contribution in [0.3, 0.4) is 0 Å². The average Bonchev–Trinajstić information content (AvgIpc) is 3.19. The highest BCUT2D eigenvalue weighted by molar-refractivity contribution is 7.10. The average molecular weight is 398 g/mol. The smallest absolute Gasteiger partial charge is 0.312 e. The molecule has 1 N–H and O–H groups in total. The number of esters is 1. The predicted molar refractivity (Wildman–Crippen MR) is 106 cm³/mol. The van der Waals surface area contributed by atoms with E-state index in [1.54, 1.807) is 4.90 Å². The van der Waals surface area contributed by atoms with E-state index >= 15 is 0 Å². The predicted octanol–water partition coefficient (Wildman–Crippen LogP) is 2.97. The highest BCUT2D eigenvalue weighted by atomic mass is 32.1. The second-order valence-corrected chi connectivity index (χ2v) is 8.30. The van der Waals surface area contributed by atoms with Crippen molar-refractivity contribution < 1.29 is 19.1 Å². The summed E-state index contributed by atoms with van der Waals surface area (Å²) in [6, 6.07) is 11.3. The molecule has 2 aromatic rings. The van der Waals surface area contributed by atoms with E-state index in [2.05, 4.69) is 5.32 Å². The lowest BCUT2D eigenvalue weighted by Gasteiger charge is -2.27. The van der Waals surface area contributed by atoms with Gasteiger partial charge in [-0.2, -0.15) is 0 Å². The summed E-state index contributed by atoms with van der Waals surface area (Å²) in [4.78, 5) is 40.0. The normalized spacial score (nSPS) is 21.6. The lowest BCUT2D eigenvalue weighted by Crippen LogP contribution is -2.33. The summed E-state index contributed by atoms with van der Waals surface area (Å²) in [7, 11) is 0. The Morgan fingerprint density at radius 1 is 1.21 bits per heavy atom. The summed E-state index contributed by atoms with van der Waals surface area (Å²) in [5.74, 6) is -1.55. The highest BCUT2D eigenvalue weighted by Gasteiger charge is 2.46. The van der Waals surface area contributed by atoms with Gasteiger partial charge < -0.3 is 15.0 Å². The molecule has 1 saturated carbocycles. The standard InChI is InChI=1S/C21H22N2O4S/c1-13-4-8-15(9-5-13)23-19(25)11-16(20(23)17-3-2-10-28-17)21(26)27-12-18(24)22-14-6-7-14/h2-5,8-10,14,16,20H,6-7,11-12H2,1H3,(H,22,24)/t16-,20-/m0/s1. The van der Waals surface area contributed by atoms with E-state index in [9.17, 15) is 14.4 Å². The van der Waals surface area contributed by atoms with Gasteiger partial charge >= 0.3 is 5.97 Å². The van der Waals surface area contributed by atoms with Gasteiger partial charge in [0.05, 0.1) is 12.0 Å². The van der Waals surface area contributed by atoms with Crippen LogP contribution in [0.25, 0.3) is 0 Å². The van der Waals surface area contributed by atoms with Crippen LogP contribution in [0.4, 0.5) is 5.69 Å². The summed E-state index contributed by atoms with van der Waals surface area (Å²) in [6.45, 7) is 1.68. The molecule has 7 heteroatoms. The molecule has 2 atom stereocenters. The zero-order valence-corrected chi connectivity index (χ0v) is 16.4. The number of aryl methyl sites for hydroxylation is 1. The molecule has 2 fully saturated rings. The van der Waals surface area contributed by atoms with E-state index < -0.39 is 17.9 Å². The minimum Gasteiger partial charge on any atom is -0.455 e. The number of benzene rings is 1. The van der Waals surface area contributed by atoms with E-state index in [0.717, 1.165) is 29.0 Å². The van der Waals surface area contributed by atoms with Crippen LogP contribution < -0.4 is 10.2 Å². The van der Waals surface area contributed by atoms with E-state index in [1.165, 1.54) is 11.3 Å². The number of ether oxygens (including phenoxy) is 1. The second kappa shape index (κ2) is 7.75. The van der Waals surface area contributed by atoms with Gasteiger partial charge in [0.1, 0.15) is 0 Å². The maximum Gasteiger partial charge on any atom is 0.312 e. The molecule has 0 unspecified atom stereocenters. The Labute approximate surface area is 167 Å². The summed E-state index contributed by atoms with van der Waals surface area (Å²) >= 11 is 1.51. The van der Waals surface area contributed by atoms with Crippen molar-refractivity contribution in [1.29, 1.82) is 0 Å². The quantitative estimate of drug-likeness (QED) is 0.759. The third-order valence-electron chi connectivity index (χ3n) is 5.06. The first kappa shape index (κ1) is 18.7. The monoisotopic (exact) mass is 398 g/mol. The molecule has 0 bridgehead atoms. The topological polar surface area (TPSA) is 75.7 Å². The van der Waals surface area contributed by atoms with Crippen molar-refractivity contribution in [3.05, 3.63) is 52.2 Å². The van der Waals surface area contributed by atoms with Gasteiger partial charge in [-0.05, 0) is 43.3 Å². The van der Waals surface area contributed by atoms with Gasteiger partial charge in [-0.1, -0.05) is 23.8 Å². The summed E-state index contributed by atoms with van der Waals surface area (Å²) in [6.07, 6.45) is 2.02. The van der Waals surface area contributed by atoms with Crippen molar-refractivity contribution in [2.45, 2.75) is 38.3 Å². The molecule has 1 aliphatic heterocycles. The Kier molecular flexibility index (Phi) is 5.17. The van der Waals surface area contributed by atoms with Crippen LogP contribution in [0.15, 0.2) is 41.8 Å². The molecule has 2 aliphatic rings. The first-order valence-corrected chi connectivity index (χ1v) is 10.3. The fourth-order valence-electron chi connectivity index (χ4n) is 3.48. The molecule has 1 aliphatic carbocycles. The third-order valence-corrected chi connectivity index (χ3v) is 6.00. The van der Waals surface area contributed by atoms with Crippen molar-refractivity contribution >= 4 is 34.8 Å². The van der Waals surface area contributed by atoms with Crippen LogP contribution in [-0.4, -0.2) is 30.4 Å². The van der Waals surface area contributed by atoms with Gasteiger partial charge in [-0.15, -0.1) is 11.3 Å². The second-order valence-electron chi connectivity index (χ2n) is 7.32. The van der Waals surface area contributed by atoms with Crippen LogP contribution in [0, 0.1) is 12.8 Å². The molecular formula is C21H22N2O4S. The number of amides is 2. The van der Waals surface area contributed by atoms with E-state index in [4.69, 9.17) is 4.74 Å². The Bertz CT molecular complexity index is 874. The van der Waals surface area contributed by atoms with Crippen molar-refractivity contribution in [1.82, 2.24) is 5.32 Å². The Morgan fingerprint density at radius 3 is 2.61 bits per heavy atom. The first-order chi connectivity index (χ1) is 13.5. The third kappa shape index (κ3) is 3.94. The molecule has 4 rings (SSSR count). The van der Waals surface area contributed by atoms with Crippen molar-refractivity contribution in [2.24, 2.45) is 5.92 Å². The lowest BCUT2D eigenvalue weighted by molar-refractivity contribution is -0.153.